The molecule has 1 amide bonds. The van der Waals surface area contributed by atoms with Gasteiger partial charge in [-0.15, -0.1) is 11.3 Å². The number of carboxylic acids is 1. The molecule has 8 heteroatoms. The number of carbonyl (C=O) groups excluding carboxylic acids is 1. The fourth-order valence-corrected chi connectivity index (χ4v) is 4.53. The highest BCUT2D eigenvalue weighted by Crippen LogP contribution is 2.30. The van der Waals surface area contributed by atoms with Crippen molar-refractivity contribution in [3.8, 4) is 11.8 Å². The van der Waals surface area contributed by atoms with E-state index in [0.29, 0.717) is 23.8 Å². The Balaban J connectivity index is 1.50. The molecule has 2 aliphatic rings. The molecule has 2 fully saturated rings. The quantitative estimate of drug-likeness (QED) is 0.575. The van der Waals surface area contributed by atoms with Gasteiger partial charge in [0, 0.05) is 30.3 Å². The summed E-state index contributed by atoms with van der Waals surface area (Å²) in [5.41, 5.74) is 0.490. The highest BCUT2D eigenvalue weighted by molar-refractivity contribution is 7.15. The summed E-state index contributed by atoms with van der Waals surface area (Å²) in [5.74, 6) is 5.31. The molecule has 1 aromatic rings. The predicted molar refractivity (Wildman–Crippen MR) is 121 cm³/mol. The standard InChI is InChI=1S/C23H32N2O5S/c1-23(2,3)11-8-18-14-19(20(31-18)21(26)27)24-15-4-6-16(7-5-15)25-22(28)30-17-9-12-29-13-10-17/h14-17,24H,4-7,9-10,12-13H2,1-3H3,(H,25,28)(H,26,27). The second kappa shape index (κ2) is 10.4. The maximum Gasteiger partial charge on any atom is 0.407 e. The van der Waals surface area contributed by atoms with Crippen LogP contribution in [0.2, 0.25) is 0 Å². The summed E-state index contributed by atoms with van der Waals surface area (Å²) in [6, 6.07) is 2.09. The van der Waals surface area contributed by atoms with Gasteiger partial charge in [-0.1, -0.05) is 11.8 Å². The average molecular weight is 449 g/mol. The molecule has 1 aromatic heterocycles. The first-order valence-corrected chi connectivity index (χ1v) is 11.7. The lowest BCUT2D eigenvalue weighted by Gasteiger charge is -2.30. The van der Waals surface area contributed by atoms with E-state index < -0.39 is 5.97 Å². The van der Waals surface area contributed by atoms with E-state index in [1.54, 1.807) is 0 Å². The molecule has 1 aliphatic carbocycles. The van der Waals surface area contributed by atoms with Gasteiger partial charge in [0.1, 0.15) is 11.0 Å². The van der Waals surface area contributed by atoms with Gasteiger partial charge in [0.2, 0.25) is 0 Å². The van der Waals surface area contributed by atoms with Crippen LogP contribution in [-0.2, 0) is 9.47 Å². The molecule has 0 bridgehead atoms. The van der Waals surface area contributed by atoms with E-state index in [1.165, 1.54) is 11.3 Å². The van der Waals surface area contributed by atoms with Crippen molar-refractivity contribution in [2.75, 3.05) is 18.5 Å². The molecule has 0 aromatic carbocycles. The van der Waals surface area contributed by atoms with E-state index in [0.717, 1.165) is 43.4 Å². The van der Waals surface area contributed by atoms with Gasteiger partial charge in [-0.05, 0) is 52.5 Å². The minimum absolute atomic E-state index is 0.0598. The summed E-state index contributed by atoms with van der Waals surface area (Å²) in [4.78, 5) is 24.8. The highest BCUT2D eigenvalue weighted by atomic mass is 32.1. The maximum absolute atomic E-state index is 12.1. The highest BCUT2D eigenvalue weighted by Gasteiger charge is 2.26. The Morgan fingerprint density at radius 1 is 1.13 bits per heavy atom. The zero-order valence-corrected chi connectivity index (χ0v) is 19.3. The van der Waals surface area contributed by atoms with Gasteiger partial charge in [-0.3, -0.25) is 0 Å². The van der Waals surface area contributed by atoms with Crippen LogP contribution in [0.3, 0.4) is 0 Å². The van der Waals surface area contributed by atoms with Gasteiger partial charge < -0.3 is 25.2 Å². The Kier molecular flexibility index (Phi) is 7.84. The topological polar surface area (TPSA) is 96.9 Å². The number of hydrogen-bond acceptors (Lipinski definition) is 6. The third-order valence-corrected chi connectivity index (χ3v) is 6.38. The number of amides is 1. The minimum Gasteiger partial charge on any atom is -0.477 e. The van der Waals surface area contributed by atoms with Gasteiger partial charge in [-0.2, -0.15) is 0 Å². The van der Waals surface area contributed by atoms with Gasteiger partial charge in [-0.25, -0.2) is 9.59 Å². The molecule has 1 saturated heterocycles. The van der Waals surface area contributed by atoms with Crippen LogP contribution >= 0.6 is 11.3 Å². The fourth-order valence-electron chi connectivity index (χ4n) is 3.72. The Bertz CT molecular complexity index is 834. The van der Waals surface area contributed by atoms with Crippen LogP contribution < -0.4 is 10.6 Å². The lowest BCUT2D eigenvalue weighted by Crippen LogP contribution is -2.42. The van der Waals surface area contributed by atoms with E-state index in [-0.39, 0.29) is 29.7 Å². The van der Waals surface area contributed by atoms with Crippen LogP contribution in [0.25, 0.3) is 0 Å². The third-order valence-electron chi connectivity index (χ3n) is 5.34. The van der Waals surface area contributed by atoms with Gasteiger partial charge >= 0.3 is 12.1 Å². The molecule has 0 atom stereocenters. The number of alkyl carbamates (subject to hydrolysis) is 1. The summed E-state index contributed by atoms with van der Waals surface area (Å²) in [7, 11) is 0. The second-order valence-corrected chi connectivity index (χ2v) is 10.3. The number of rotatable bonds is 5. The number of thiophene rings is 1. The summed E-state index contributed by atoms with van der Waals surface area (Å²) in [6.45, 7) is 7.35. The molecule has 1 aliphatic heterocycles. The summed E-state index contributed by atoms with van der Waals surface area (Å²) < 4.78 is 10.8. The first-order valence-electron chi connectivity index (χ1n) is 10.9. The average Bonchev–Trinajstić information content (AvgIpc) is 3.11. The molecule has 0 unspecified atom stereocenters. The first-order chi connectivity index (χ1) is 14.7. The van der Waals surface area contributed by atoms with Crippen molar-refractivity contribution < 1.29 is 24.2 Å². The number of hydrogen-bond donors (Lipinski definition) is 3. The third kappa shape index (κ3) is 7.44. The number of carbonyl (C=O) groups is 2. The molecule has 0 spiro atoms. The maximum atomic E-state index is 12.1. The van der Waals surface area contributed by atoms with Crippen molar-refractivity contribution in [3.63, 3.8) is 0 Å². The molecule has 3 rings (SSSR count). The zero-order chi connectivity index (χ0) is 22.4. The van der Waals surface area contributed by atoms with E-state index >= 15 is 0 Å². The summed E-state index contributed by atoms with van der Waals surface area (Å²) in [6.07, 6.45) is 4.43. The number of carboxylic acid groups (broad SMARTS) is 1. The molecule has 2 heterocycles. The van der Waals surface area contributed by atoms with Crippen LogP contribution in [0.1, 0.15) is 73.8 Å². The normalized spacial score (nSPS) is 22.2. The van der Waals surface area contributed by atoms with Crippen LogP contribution in [0.5, 0.6) is 0 Å². The monoisotopic (exact) mass is 448 g/mol. The van der Waals surface area contributed by atoms with E-state index in [9.17, 15) is 14.7 Å². The number of ether oxygens (including phenoxy) is 2. The predicted octanol–water partition coefficient (Wildman–Crippen LogP) is 4.47. The van der Waals surface area contributed by atoms with Crippen molar-refractivity contribution in [1.29, 1.82) is 0 Å². The fraction of sp³-hybridized carbons (Fsp3) is 0.652. The SMILES string of the molecule is CC(C)(C)C#Cc1cc(NC2CCC(NC(=O)OC3CCOCC3)CC2)c(C(=O)O)s1. The van der Waals surface area contributed by atoms with Crippen LogP contribution in [-0.4, -0.2) is 48.6 Å². The van der Waals surface area contributed by atoms with Gasteiger partial charge in [0.15, 0.2) is 0 Å². The summed E-state index contributed by atoms with van der Waals surface area (Å²) in [5, 5.41) is 15.9. The lowest BCUT2D eigenvalue weighted by atomic mass is 9.91. The largest absolute Gasteiger partial charge is 0.477 e. The van der Waals surface area contributed by atoms with Crippen molar-refractivity contribution >= 4 is 29.1 Å². The first kappa shape index (κ1) is 23.4. The number of nitrogens with one attached hydrogen (secondary N) is 2. The Morgan fingerprint density at radius 3 is 2.39 bits per heavy atom. The summed E-state index contributed by atoms with van der Waals surface area (Å²) >= 11 is 1.20. The van der Waals surface area contributed by atoms with Gasteiger partial charge in [0.05, 0.1) is 23.8 Å². The second-order valence-electron chi connectivity index (χ2n) is 9.21. The van der Waals surface area contributed by atoms with Crippen molar-refractivity contribution in [2.24, 2.45) is 5.41 Å². The Labute approximate surface area is 187 Å². The van der Waals surface area contributed by atoms with Crippen molar-refractivity contribution in [3.05, 3.63) is 15.8 Å². The molecule has 3 N–H and O–H groups in total. The van der Waals surface area contributed by atoms with E-state index in [1.807, 2.05) is 26.8 Å². The minimum atomic E-state index is -0.942. The van der Waals surface area contributed by atoms with Crippen LogP contribution in [0.15, 0.2) is 6.07 Å². The molecule has 7 nitrogen and oxygen atoms in total. The smallest absolute Gasteiger partial charge is 0.407 e. The molecular weight excluding hydrogens is 416 g/mol. The molecule has 31 heavy (non-hydrogen) atoms. The van der Waals surface area contributed by atoms with Crippen LogP contribution in [0, 0.1) is 17.3 Å². The van der Waals surface area contributed by atoms with Crippen molar-refractivity contribution in [1.82, 2.24) is 5.32 Å². The Morgan fingerprint density at radius 2 is 1.77 bits per heavy atom. The lowest BCUT2D eigenvalue weighted by molar-refractivity contribution is 0.000424. The van der Waals surface area contributed by atoms with Gasteiger partial charge in [0.25, 0.3) is 0 Å². The number of aromatic carboxylic acids is 1. The molecular formula is C23H32N2O5S. The van der Waals surface area contributed by atoms with Crippen LogP contribution in [0.4, 0.5) is 10.5 Å². The van der Waals surface area contributed by atoms with Crippen molar-refractivity contribution in [2.45, 2.75) is 77.5 Å². The van der Waals surface area contributed by atoms with E-state index in [2.05, 4.69) is 22.5 Å². The molecule has 170 valence electrons. The molecule has 0 radical (unpaired) electrons. The van der Waals surface area contributed by atoms with E-state index in [4.69, 9.17) is 9.47 Å². The number of anilines is 1. The Hall–Kier alpha value is -2.24. The molecule has 1 saturated carbocycles. The zero-order valence-electron chi connectivity index (χ0n) is 18.5.